The highest BCUT2D eigenvalue weighted by atomic mass is 28.5. The van der Waals surface area contributed by atoms with Gasteiger partial charge in [-0.05, 0) is 78.6 Å². The highest BCUT2D eigenvalue weighted by molar-refractivity contribution is 6.90. The van der Waals surface area contributed by atoms with Crippen LogP contribution < -0.4 is 21.7 Å². The summed E-state index contributed by atoms with van der Waals surface area (Å²) in [5.41, 5.74) is 5.66. The molecule has 0 heterocycles. The number of ether oxygens (including phenoxy) is 1. The highest BCUT2D eigenvalue weighted by Crippen LogP contribution is 2.29. The van der Waals surface area contributed by atoms with Crippen molar-refractivity contribution in [3.05, 3.63) is 12.7 Å². The fraction of sp³-hybridized carbons (Fsp3) is 0.933. The lowest BCUT2D eigenvalue weighted by atomic mass is 10.4. The van der Waals surface area contributed by atoms with Gasteiger partial charge in [0.05, 0.1) is 19.3 Å². The zero-order valence-electron chi connectivity index (χ0n) is 26.7. The van der Waals surface area contributed by atoms with Crippen LogP contribution in [0, 0.1) is 0 Å². The van der Waals surface area contributed by atoms with Crippen molar-refractivity contribution >= 4 is 42.3 Å². The quantitative estimate of drug-likeness (QED) is 0.0394. The van der Waals surface area contributed by atoms with E-state index >= 15 is 0 Å². The zero-order valence-corrected chi connectivity index (χ0v) is 31.7. The molecule has 3 unspecified atom stereocenters. The third kappa shape index (κ3) is 35.6. The van der Waals surface area contributed by atoms with Gasteiger partial charge in [0.2, 0.25) is 0 Å². The summed E-state index contributed by atoms with van der Waals surface area (Å²) in [5.74, 6) is 0. The molecular weight excluding hydrogens is 653 g/mol. The van der Waals surface area contributed by atoms with Crippen LogP contribution in [0.1, 0.15) is 44.6 Å². The van der Waals surface area contributed by atoms with Crippen molar-refractivity contribution in [3.63, 3.8) is 0 Å². The molecule has 0 rings (SSSR count). The standard InChI is InChI=1S/C24H62N4O6Si5.6CH4/c1-12-19-30-23-24(29)22-28-16-15-27-18-21-39(11,32-36(5,6)7)34-37(8,9)33-38(10,31-35(2,3)4)20-17-26-14-13-25;;;;;;/h12,24,26-29H,1,13-23,25H2,2-11H3;6*1H4. The second kappa shape index (κ2) is 29.4. The average Bonchev–Trinajstić information content (AvgIpc) is 2.72. The van der Waals surface area contributed by atoms with Crippen molar-refractivity contribution in [2.45, 2.75) is 128 Å². The molecule has 0 aliphatic carbocycles. The predicted octanol–water partition coefficient (Wildman–Crippen LogP) is 6.68. The van der Waals surface area contributed by atoms with E-state index < -0.39 is 48.4 Å². The number of nitrogens with one attached hydrogen (secondary N) is 3. The van der Waals surface area contributed by atoms with Gasteiger partial charge < -0.3 is 48.0 Å². The predicted molar refractivity (Wildman–Crippen MR) is 216 cm³/mol. The first-order valence-corrected chi connectivity index (χ1v) is 29.0. The second-order valence-corrected chi connectivity index (χ2v) is 32.8. The lowest BCUT2D eigenvalue weighted by Gasteiger charge is -2.43. The van der Waals surface area contributed by atoms with E-state index in [1.807, 2.05) is 0 Å². The maximum Gasteiger partial charge on any atom is 0.317 e. The molecule has 0 saturated heterocycles. The number of hydrogen-bond donors (Lipinski definition) is 5. The molecule has 0 radical (unpaired) electrons. The summed E-state index contributed by atoms with van der Waals surface area (Å²) >= 11 is 0. The summed E-state index contributed by atoms with van der Waals surface area (Å²) in [6.07, 6.45) is 1.15. The third-order valence-electron chi connectivity index (χ3n) is 5.20. The number of aliphatic hydroxyl groups excluding tert-OH is 1. The van der Waals surface area contributed by atoms with Crippen LogP contribution in [0.2, 0.25) is 77.6 Å². The van der Waals surface area contributed by atoms with Crippen LogP contribution in [-0.2, 0) is 21.2 Å². The molecule has 0 fully saturated rings. The monoisotopic (exact) mass is 739 g/mol. The number of aliphatic hydroxyl groups is 1. The maximum absolute atomic E-state index is 9.93. The van der Waals surface area contributed by atoms with E-state index in [0.29, 0.717) is 26.3 Å². The number of rotatable bonds is 25. The molecule has 0 amide bonds. The summed E-state index contributed by atoms with van der Waals surface area (Å²) in [6.45, 7) is 31.4. The molecule has 6 N–H and O–H groups in total. The molecule has 0 saturated carbocycles. The third-order valence-corrected chi connectivity index (χ3v) is 23.3. The number of hydrogen-bond acceptors (Lipinski definition) is 10. The SMILES string of the molecule is C.C.C.C.C.C.C=CCOCC(O)CNCCNCC[Si](C)(O[Si](C)(C)C)O[Si](C)(C)O[Si](C)(CCNCCN)O[Si](C)(C)C. The fourth-order valence-corrected chi connectivity index (χ4v) is 27.6. The molecule has 0 aliphatic heterocycles. The van der Waals surface area contributed by atoms with Gasteiger partial charge in [0.15, 0.2) is 16.6 Å². The minimum Gasteiger partial charge on any atom is -0.437 e. The Balaban J connectivity index is -0.000000481. The summed E-state index contributed by atoms with van der Waals surface area (Å²) < 4.78 is 32.6. The van der Waals surface area contributed by atoms with Gasteiger partial charge in [0.25, 0.3) is 0 Å². The minimum atomic E-state index is -2.57. The summed E-state index contributed by atoms with van der Waals surface area (Å²) in [4.78, 5) is 0. The van der Waals surface area contributed by atoms with Crippen LogP contribution in [0.15, 0.2) is 12.7 Å². The Morgan fingerprint density at radius 1 is 0.644 bits per heavy atom. The van der Waals surface area contributed by atoms with E-state index in [9.17, 15) is 5.11 Å². The van der Waals surface area contributed by atoms with Crippen LogP contribution in [0.5, 0.6) is 0 Å². The van der Waals surface area contributed by atoms with Crippen LogP contribution in [0.4, 0.5) is 0 Å². The van der Waals surface area contributed by atoms with Crippen molar-refractivity contribution in [2.24, 2.45) is 5.73 Å². The van der Waals surface area contributed by atoms with Gasteiger partial charge in [-0.15, -0.1) is 6.58 Å². The first-order valence-electron chi connectivity index (χ1n) is 14.3. The van der Waals surface area contributed by atoms with Gasteiger partial charge in [0, 0.05) is 44.8 Å². The lowest BCUT2D eigenvalue weighted by molar-refractivity contribution is 0.0496. The molecule has 15 heteroatoms. The molecular formula is C30H86N4O6Si5. The largest absolute Gasteiger partial charge is 0.437 e. The van der Waals surface area contributed by atoms with E-state index in [1.165, 1.54) is 0 Å². The molecule has 0 aromatic rings. The van der Waals surface area contributed by atoms with E-state index in [4.69, 9.17) is 26.9 Å². The van der Waals surface area contributed by atoms with Gasteiger partial charge in [-0.2, -0.15) is 0 Å². The topological polar surface area (TPSA) is 128 Å². The van der Waals surface area contributed by atoms with E-state index in [1.54, 1.807) is 6.08 Å². The smallest absolute Gasteiger partial charge is 0.317 e. The highest BCUT2D eigenvalue weighted by Gasteiger charge is 2.47. The molecule has 3 atom stereocenters. The number of nitrogens with two attached hydrogens (primary N) is 1. The molecule has 10 nitrogen and oxygen atoms in total. The molecule has 0 spiro atoms. The normalized spacial score (nSPS) is 14.8. The lowest BCUT2D eigenvalue weighted by Crippen LogP contribution is -2.60. The van der Waals surface area contributed by atoms with Crippen LogP contribution in [0.3, 0.4) is 0 Å². The molecule has 0 aromatic carbocycles. The molecule has 0 aromatic heterocycles. The van der Waals surface area contributed by atoms with Gasteiger partial charge in [-0.3, -0.25) is 0 Å². The Labute approximate surface area is 289 Å². The van der Waals surface area contributed by atoms with Crippen LogP contribution >= 0.6 is 0 Å². The van der Waals surface area contributed by atoms with Crippen molar-refractivity contribution in [2.75, 3.05) is 59.0 Å². The van der Waals surface area contributed by atoms with E-state index in [-0.39, 0.29) is 44.6 Å². The second-order valence-electron chi connectivity index (χ2n) is 12.8. The molecule has 0 aliphatic rings. The van der Waals surface area contributed by atoms with Crippen molar-refractivity contribution in [1.29, 1.82) is 0 Å². The average molecular weight is 739 g/mol. The summed E-state index contributed by atoms with van der Waals surface area (Å²) in [7, 11) is -11.2. The van der Waals surface area contributed by atoms with Gasteiger partial charge in [0.1, 0.15) is 0 Å². The maximum atomic E-state index is 9.93. The molecule has 0 bridgehead atoms. The zero-order chi connectivity index (χ0) is 30.2. The van der Waals surface area contributed by atoms with Gasteiger partial charge in [-0.1, -0.05) is 50.6 Å². The Kier molecular flexibility index (Phi) is 39.6. The van der Waals surface area contributed by atoms with Crippen molar-refractivity contribution < 1.29 is 26.3 Å². The minimum absolute atomic E-state index is 0. The van der Waals surface area contributed by atoms with Crippen LogP contribution in [-0.4, -0.2) is 113 Å². The van der Waals surface area contributed by atoms with Crippen molar-refractivity contribution in [3.8, 4) is 0 Å². The molecule has 282 valence electrons. The van der Waals surface area contributed by atoms with E-state index in [2.05, 4.69) is 88.0 Å². The van der Waals surface area contributed by atoms with Gasteiger partial charge >= 0.3 is 25.7 Å². The summed E-state index contributed by atoms with van der Waals surface area (Å²) in [6, 6.07) is 1.69. The molecule has 45 heavy (non-hydrogen) atoms. The van der Waals surface area contributed by atoms with Gasteiger partial charge in [-0.25, -0.2) is 0 Å². The van der Waals surface area contributed by atoms with Crippen LogP contribution in [0.25, 0.3) is 0 Å². The fourth-order valence-electron chi connectivity index (χ4n) is 4.38. The Morgan fingerprint density at radius 2 is 1.04 bits per heavy atom. The van der Waals surface area contributed by atoms with Crippen molar-refractivity contribution in [1.82, 2.24) is 16.0 Å². The van der Waals surface area contributed by atoms with E-state index in [0.717, 1.165) is 44.8 Å². The first-order chi connectivity index (χ1) is 17.8. The Bertz CT molecular complexity index is 676. The summed E-state index contributed by atoms with van der Waals surface area (Å²) in [5, 5.41) is 20.1. The first kappa shape index (κ1) is 60.7. The Morgan fingerprint density at radius 3 is 1.42 bits per heavy atom. The Hall–Kier alpha value is 0.424.